The molecule has 0 spiro atoms. The Labute approximate surface area is 103 Å². The van der Waals surface area contributed by atoms with Gasteiger partial charge in [-0.15, -0.1) is 11.3 Å². The molecule has 0 aliphatic rings. The molecule has 6 heteroatoms. The van der Waals surface area contributed by atoms with Crippen molar-refractivity contribution >= 4 is 44.7 Å². The monoisotopic (exact) mass is 302 g/mol. The summed E-state index contributed by atoms with van der Waals surface area (Å²) in [7, 11) is 0. The summed E-state index contributed by atoms with van der Waals surface area (Å²) < 4.78 is 0.654. The van der Waals surface area contributed by atoms with Gasteiger partial charge in [-0.1, -0.05) is 11.6 Å². The number of aromatic nitrogens is 2. The van der Waals surface area contributed by atoms with Gasteiger partial charge in [-0.3, -0.25) is 9.78 Å². The number of carbonyl (C=O) groups is 1. The lowest BCUT2D eigenvalue weighted by atomic mass is 10.2. The molecule has 0 aliphatic carbocycles. The van der Waals surface area contributed by atoms with Crippen LogP contribution in [0.4, 0.5) is 0 Å². The summed E-state index contributed by atoms with van der Waals surface area (Å²) in [4.78, 5) is 19.7. The third kappa shape index (κ3) is 2.25. The molecule has 0 saturated heterocycles. The van der Waals surface area contributed by atoms with E-state index in [1.165, 1.54) is 23.7 Å². The van der Waals surface area contributed by atoms with Crippen LogP contribution in [0, 0.1) is 0 Å². The van der Waals surface area contributed by atoms with Gasteiger partial charge in [0.1, 0.15) is 4.60 Å². The molecule has 0 amide bonds. The number of thiazole rings is 1. The lowest BCUT2D eigenvalue weighted by Gasteiger charge is -1.98. The number of carbonyl (C=O) groups excluding carboxylic acids is 1. The van der Waals surface area contributed by atoms with Crippen molar-refractivity contribution in [2.24, 2.45) is 0 Å². The molecule has 0 N–H and O–H groups in total. The highest BCUT2D eigenvalue weighted by Gasteiger charge is 2.15. The molecule has 0 saturated carbocycles. The molecule has 3 nitrogen and oxygen atoms in total. The Morgan fingerprint density at radius 1 is 1.53 bits per heavy atom. The number of pyridine rings is 1. The maximum atomic E-state index is 11.9. The molecule has 0 radical (unpaired) electrons. The van der Waals surface area contributed by atoms with Gasteiger partial charge in [0.25, 0.3) is 0 Å². The van der Waals surface area contributed by atoms with Crippen LogP contribution >= 0.6 is 38.9 Å². The molecule has 15 heavy (non-hydrogen) atoms. The van der Waals surface area contributed by atoms with E-state index in [1.54, 1.807) is 11.4 Å². The van der Waals surface area contributed by atoms with Gasteiger partial charge in [0.05, 0.1) is 5.02 Å². The zero-order chi connectivity index (χ0) is 10.8. The van der Waals surface area contributed by atoms with Crippen molar-refractivity contribution in [3.05, 3.63) is 44.0 Å². The van der Waals surface area contributed by atoms with Crippen LogP contribution in [0.25, 0.3) is 0 Å². The van der Waals surface area contributed by atoms with Crippen LogP contribution < -0.4 is 0 Å². The predicted molar refractivity (Wildman–Crippen MR) is 62.5 cm³/mol. The molecule has 2 heterocycles. The smallest absolute Gasteiger partial charge is 0.223 e. The first-order valence-corrected chi connectivity index (χ1v) is 5.99. The average Bonchev–Trinajstić information content (AvgIpc) is 2.65. The third-order valence-electron chi connectivity index (χ3n) is 1.69. The van der Waals surface area contributed by atoms with Gasteiger partial charge in [-0.05, 0) is 22.0 Å². The fourth-order valence-electron chi connectivity index (χ4n) is 1.03. The highest BCUT2D eigenvalue weighted by atomic mass is 79.9. The second kappa shape index (κ2) is 4.38. The number of nitrogens with zero attached hydrogens (tertiary/aromatic N) is 2. The fraction of sp³-hybridized carbons (Fsp3) is 0. The van der Waals surface area contributed by atoms with Crippen LogP contribution in [0.3, 0.4) is 0 Å². The van der Waals surface area contributed by atoms with Gasteiger partial charge in [0.2, 0.25) is 5.78 Å². The molecule has 0 aromatic carbocycles. The quantitative estimate of drug-likeness (QED) is 0.800. The Morgan fingerprint density at radius 3 is 2.93 bits per heavy atom. The van der Waals surface area contributed by atoms with E-state index in [0.29, 0.717) is 20.2 Å². The van der Waals surface area contributed by atoms with E-state index in [-0.39, 0.29) is 5.78 Å². The number of hydrogen-bond acceptors (Lipinski definition) is 4. The Morgan fingerprint density at radius 2 is 2.33 bits per heavy atom. The standard InChI is InChI=1S/C9H4BrClN2OS/c10-7-4-15-9(13-7)8(14)5-1-2-12-3-6(5)11/h1-4H. The van der Waals surface area contributed by atoms with E-state index in [4.69, 9.17) is 11.6 Å². The SMILES string of the molecule is O=C(c1nc(Br)cs1)c1ccncc1Cl. The van der Waals surface area contributed by atoms with Crippen LogP contribution in [0.5, 0.6) is 0 Å². The van der Waals surface area contributed by atoms with Crippen LogP contribution in [0.2, 0.25) is 5.02 Å². The van der Waals surface area contributed by atoms with Crippen molar-refractivity contribution in [2.45, 2.75) is 0 Å². The van der Waals surface area contributed by atoms with Gasteiger partial charge in [-0.2, -0.15) is 0 Å². The van der Waals surface area contributed by atoms with E-state index in [1.807, 2.05) is 0 Å². The first-order valence-electron chi connectivity index (χ1n) is 3.93. The summed E-state index contributed by atoms with van der Waals surface area (Å²) >= 11 is 10.3. The summed E-state index contributed by atoms with van der Waals surface area (Å²) in [5.41, 5.74) is 0.425. The highest BCUT2D eigenvalue weighted by Crippen LogP contribution is 2.21. The average molecular weight is 304 g/mol. The highest BCUT2D eigenvalue weighted by molar-refractivity contribution is 9.10. The molecule has 76 valence electrons. The molecule has 0 atom stereocenters. The van der Waals surface area contributed by atoms with Gasteiger partial charge in [0.15, 0.2) is 5.01 Å². The van der Waals surface area contributed by atoms with Crippen molar-refractivity contribution < 1.29 is 4.79 Å². The van der Waals surface area contributed by atoms with Crippen molar-refractivity contribution in [3.8, 4) is 0 Å². The Balaban J connectivity index is 2.41. The summed E-state index contributed by atoms with van der Waals surface area (Å²) in [5.74, 6) is -0.182. The largest absolute Gasteiger partial charge is 0.286 e. The van der Waals surface area contributed by atoms with Crippen molar-refractivity contribution in [3.63, 3.8) is 0 Å². The lowest BCUT2D eigenvalue weighted by Crippen LogP contribution is -2.01. The molecular weight excluding hydrogens is 300 g/mol. The Hall–Kier alpha value is -0.780. The minimum Gasteiger partial charge on any atom is -0.286 e. The summed E-state index contributed by atoms with van der Waals surface area (Å²) in [6, 6.07) is 1.58. The molecule has 2 rings (SSSR count). The predicted octanol–water partition coefficient (Wildman–Crippen LogP) is 3.19. The van der Waals surface area contributed by atoms with Crippen LogP contribution in [-0.2, 0) is 0 Å². The second-order valence-corrected chi connectivity index (χ2v) is 4.74. The van der Waals surface area contributed by atoms with Crippen molar-refractivity contribution in [2.75, 3.05) is 0 Å². The fourth-order valence-corrected chi connectivity index (χ4v) is 2.44. The van der Waals surface area contributed by atoms with Gasteiger partial charge >= 0.3 is 0 Å². The minimum absolute atomic E-state index is 0.182. The van der Waals surface area contributed by atoms with E-state index >= 15 is 0 Å². The number of hydrogen-bond donors (Lipinski definition) is 0. The zero-order valence-electron chi connectivity index (χ0n) is 7.28. The van der Waals surface area contributed by atoms with Crippen molar-refractivity contribution in [1.29, 1.82) is 0 Å². The maximum absolute atomic E-state index is 11.9. The topological polar surface area (TPSA) is 42.9 Å². The summed E-state index contributed by atoms with van der Waals surface area (Å²) in [6.07, 6.45) is 2.97. The minimum atomic E-state index is -0.182. The summed E-state index contributed by atoms with van der Waals surface area (Å²) in [6.45, 7) is 0. The number of rotatable bonds is 2. The molecule has 0 fully saturated rings. The molecule has 0 bridgehead atoms. The first-order chi connectivity index (χ1) is 7.18. The van der Waals surface area contributed by atoms with Crippen LogP contribution in [-0.4, -0.2) is 15.8 Å². The molecule has 0 aliphatic heterocycles. The summed E-state index contributed by atoms with van der Waals surface area (Å²) in [5, 5.41) is 2.51. The number of ketones is 1. The Bertz CT molecular complexity index is 514. The van der Waals surface area contributed by atoms with Gasteiger partial charge in [0, 0.05) is 23.3 Å². The van der Waals surface area contributed by atoms with Crippen LogP contribution in [0.15, 0.2) is 28.4 Å². The van der Waals surface area contributed by atoms with E-state index in [2.05, 4.69) is 25.9 Å². The Kier molecular flexibility index (Phi) is 3.14. The first kappa shape index (κ1) is 10.7. The van der Waals surface area contributed by atoms with Crippen molar-refractivity contribution in [1.82, 2.24) is 9.97 Å². The molecular formula is C9H4BrClN2OS. The van der Waals surface area contributed by atoms with E-state index in [9.17, 15) is 4.79 Å². The van der Waals surface area contributed by atoms with Gasteiger partial charge < -0.3 is 0 Å². The third-order valence-corrected chi connectivity index (χ3v) is 3.54. The molecule has 2 aromatic heterocycles. The second-order valence-electron chi connectivity index (χ2n) is 2.66. The lowest BCUT2D eigenvalue weighted by molar-refractivity contribution is 0.103. The number of halogens is 2. The molecule has 2 aromatic rings. The normalized spacial score (nSPS) is 10.3. The molecule has 0 unspecified atom stereocenters. The van der Waals surface area contributed by atoms with Crippen LogP contribution in [0.1, 0.15) is 15.4 Å². The maximum Gasteiger partial charge on any atom is 0.223 e. The van der Waals surface area contributed by atoms with E-state index < -0.39 is 0 Å². The zero-order valence-corrected chi connectivity index (χ0v) is 10.4. The van der Waals surface area contributed by atoms with E-state index in [0.717, 1.165) is 0 Å². The van der Waals surface area contributed by atoms with Gasteiger partial charge in [-0.25, -0.2) is 4.98 Å².